The van der Waals surface area contributed by atoms with E-state index in [9.17, 15) is 4.79 Å². The quantitative estimate of drug-likeness (QED) is 0.660. The number of carbonyl (C=O) groups excluding carboxylic acids is 1. The molecule has 3 rings (SSSR count). The van der Waals surface area contributed by atoms with Crippen LogP contribution in [-0.4, -0.2) is 27.5 Å². The van der Waals surface area contributed by atoms with E-state index in [2.05, 4.69) is 44.7 Å². The summed E-state index contributed by atoms with van der Waals surface area (Å²) in [4.78, 5) is 14.6. The van der Waals surface area contributed by atoms with Crippen molar-refractivity contribution >= 4 is 22.4 Å². The Bertz CT molecular complexity index is 779. The molecule has 0 atom stereocenters. The fourth-order valence-corrected chi connectivity index (χ4v) is 3.36. The second-order valence-electron chi connectivity index (χ2n) is 6.02. The summed E-state index contributed by atoms with van der Waals surface area (Å²) in [5, 5.41) is 12.4. The summed E-state index contributed by atoms with van der Waals surface area (Å²) < 4.78 is 0. The predicted octanol–water partition coefficient (Wildman–Crippen LogP) is 3.74. The number of aryl methyl sites for hydroxylation is 1. The standard InChI is InChI=1S/C20H22N4OS/c1-2-19-22-23-20(26-19)21-18(25)15-24(13-16-9-5-3-6-10-16)14-17-11-7-4-8-12-17/h3-12H,2,13-15H2,1H3,(H,21,23,25). The van der Waals surface area contributed by atoms with Gasteiger partial charge in [-0.2, -0.15) is 0 Å². The number of aromatic nitrogens is 2. The zero-order chi connectivity index (χ0) is 18.2. The first kappa shape index (κ1) is 18.2. The van der Waals surface area contributed by atoms with Gasteiger partial charge >= 0.3 is 0 Å². The first-order valence-corrected chi connectivity index (χ1v) is 9.47. The van der Waals surface area contributed by atoms with E-state index >= 15 is 0 Å². The molecule has 0 saturated heterocycles. The molecule has 1 heterocycles. The largest absolute Gasteiger partial charge is 0.299 e. The van der Waals surface area contributed by atoms with Crippen LogP contribution in [0.3, 0.4) is 0 Å². The fraction of sp³-hybridized carbons (Fsp3) is 0.250. The maximum atomic E-state index is 12.5. The van der Waals surface area contributed by atoms with Gasteiger partial charge in [0.15, 0.2) is 0 Å². The van der Waals surface area contributed by atoms with E-state index < -0.39 is 0 Å². The van der Waals surface area contributed by atoms with Crippen LogP contribution in [0.15, 0.2) is 60.7 Å². The SMILES string of the molecule is CCc1nnc(NC(=O)CN(Cc2ccccc2)Cc2ccccc2)s1. The Balaban J connectivity index is 1.66. The van der Waals surface area contributed by atoms with Gasteiger partial charge in [0.1, 0.15) is 5.01 Å². The van der Waals surface area contributed by atoms with Crippen LogP contribution in [0.5, 0.6) is 0 Å². The van der Waals surface area contributed by atoms with Gasteiger partial charge in [-0.15, -0.1) is 10.2 Å². The van der Waals surface area contributed by atoms with E-state index in [0.717, 1.165) is 11.4 Å². The molecule has 0 aliphatic rings. The highest BCUT2D eigenvalue weighted by Gasteiger charge is 2.14. The lowest BCUT2D eigenvalue weighted by atomic mass is 10.1. The van der Waals surface area contributed by atoms with Crippen LogP contribution in [0.25, 0.3) is 0 Å². The first-order valence-electron chi connectivity index (χ1n) is 8.65. The van der Waals surface area contributed by atoms with Crippen molar-refractivity contribution in [2.75, 3.05) is 11.9 Å². The summed E-state index contributed by atoms with van der Waals surface area (Å²) in [5.41, 5.74) is 2.36. The molecule has 0 aliphatic carbocycles. The van der Waals surface area contributed by atoms with Crippen LogP contribution in [-0.2, 0) is 24.3 Å². The minimum atomic E-state index is -0.0735. The molecule has 0 saturated carbocycles. The predicted molar refractivity (Wildman–Crippen MR) is 105 cm³/mol. The molecule has 0 radical (unpaired) electrons. The van der Waals surface area contributed by atoms with Crippen molar-refractivity contribution in [1.29, 1.82) is 0 Å². The van der Waals surface area contributed by atoms with Crippen LogP contribution in [0, 0.1) is 0 Å². The van der Waals surface area contributed by atoms with Crippen molar-refractivity contribution in [2.24, 2.45) is 0 Å². The Hall–Kier alpha value is -2.57. The van der Waals surface area contributed by atoms with Gasteiger partial charge in [0.25, 0.3) is 0 Å². The number of hydrogen-bond donors (Lipinski definition) is 1. The monoisotopic (exact) mass is 366 g/mol. The van der Waals surface area contributed by atoms with Gasteiger partial charge in [0.2, 0.25) is 11.0 Å². The minimum absolute atomic E-state index is 0.0735. The molecular weight excluding hydrogens is 344 g/mol. The molecule has 6 heteroatoms. The third-order valence-electron chi connectivity index (χ3n) is 3.88. The Morgan fingerprint density at radius 2 is 1.54 bits per heavy atom. The molecular formula is C20H22N4OS. The highest BCUT2D eigenvalue weighted by molar-refractivity contribution is 7.15. The topological polar surface area (TPSA) is 58.1 Å². The number of amides is 1. The third kappa shape index (κ3) is 5.47. The average molecular weight is 366 g/mol. The third-order valence-corrected chi connectivity index (χ3v) is 4.86. The van der Waals surface area contributed by atoms with Crippen LogP contribution >= 0.6 is 11.3 Å². The van der Waals surface area contributed by atoms with Crippen LogP contribution in [0.2, 0.25) is 0 Å². The van der Waals surface area contributed by atoms with Crippen molar-refractivity contribution in [3.8, 4) is 0 Å². The smallest absolute Gasteiger partial charge is 0.240 e. The number of rotatable bonds is 8. The van der Waals surface area contributed by atoms with Gasteiger partial charge in [0, 0.05) is 13.1 Å². The summed E-state index contributed by atoms with van der Waals surface area (Å²) in [6.45, 7) is 3.73. The van der Waals surface area contributed by atoms with E-state index in [1.54, 1.807) is 0 Å². The first-order chi connectivity index (χ1) is 12.7. The summed E-state index contributed by atoms with van der Waals surface area (Å²) in [6.07, 6.45) is 0.821. The van der Waals surface area contributed by atoms with E-state index in [-0.39, 0.29) is 5.91 Å². The van der Waals surface area contributed by atoms with Crippen LogP contribution < -0.4 is 5.32 Å². The van der Waals surface area contributed by atoms with Gasteiger partial charge in [-0.25, -0.2) is 0 Å². The summed E-state index contributed by atoms with van der Waals surface area (Å²) in [6, 6.07) is 20.4. The second kappa shape index (κ2) is 9.22. The minimum Gasteiger partial charge on any atom is -0.299 e. The van der Waals surface area contributed by atoms with Gasteiger partial charge in [-0.3, -0.25) is 15.0 Å². The normalized spacial score (nSPS) is 10.8. The maximum Gasteiger partial charge on any atom is 0.240 e. The Morgan fingerprint density at radius 3 is 2.04 bits per heavy atom. The van der Waals surface area contributed by atoms with Crippen molar-refractivity contribution in [3.63, 3.8) is 0 Å². The van der Waals surface area contributed by atoms with E-state index in [0.29, 0.717) is 24.8 Å². The molecule has 26 heavy (non-hydrogen) atoms. The summed E-state index contributed by atoms with van der Waals surface area (Å²) >= 11 is 1.42. The molecule has 1 aromatic heterocycles. The lowest BCUT2D eigenvalue weighted by molar-refractivity contribution is -0.117. The lowest BCUT2D eigenvalue weighted by Gasteiger charge is -2.21. The summed E-state index contributed by atoms with van der Waals surface area (Å²) in [5.74, 6) is -0.0735. The average Bonchev–Trinajstić information content (AvgIpc) is 3.10. The van der Waals surface area contributed by atoms with Gasteiger partial charge in [-0.05, 0) is 17.5 Å². The summed E-state index contributed by atoms with van der Waals surface area (Å²) in [7, 11) is 0. The fourth-order valence-electron chi connectivity index (χ4n) is 2.66. The van der Waals surface area contributed by atoms with Crippen molar-refractivity contribution in [3.05, 3.63) is 76.8 Å². The number of carbonyl (C=O) groups is 1. The zero-order valence-corrected chi connectivity index (χ0v) is 15.6. The van der Waals surface area contributed by atoms with Crippen molar-refractivity contribution < 1.29 is 4.79 Å². The van der Waals surface area contributed by atoms with Crippen molar-refractivity contribution in [2.45, 2.75) is 26.4 Å². The molecule has 5 nitrogen and oxygen atoms in total. The van der Waals surface area contributed by atoms with Crippen molar-refractivity contribution in [1.82, 2.24) is 15.1 Å². The number of hydrogen-bond acceptors (Lipinski definition) is 5. The molecule has 0 bridgehead atoms. The van der Waals surface area contributed by atoms with Crippen LogP contribution in [0.1, 0.15) is 23.1 Å². The molecule has 0 aliphatic heterocycles. The zero-order valence-electron chi connectivity index (χ0n) is 14.8. The molecule has 2 aromatic carbocycles. The van der Waals surface area contributed by atoms with Gasteiger partial charge < -0.3 is 0 Å². The van der Waals surface area contributed by atoms with E-state index in [4.69, 9.17) is 0 Å². The Labute approximate surface area is 157 Å². The maximum absolute atomic E-state index is 12.5. The highest BCUT2D eigenvalue weighted by atomic mass is 32.1. The molecule has 1 N–H and O–H groups in total. The van der Waals surface area contributed by atoms with E-state index in [1.165, 1.54) is 22.5 Å². The number of nitrogens with zero attached hydrogens (tertiary/aromatic N) is 3. The molecule has 3 aromatic rings. The van der Waals surface area contributed by atoms with Gasteiger partial charge in [0.05, 0.1) is 6.54 Å². The van der Waals surface area contributed by atoms with Crippen LogP contribution in [0.4, 0.5) is 5.13 Å². The molecule has 134 valence electrons. The highest BCUT2D eigenvalue weighted by Crippen LogP contribution is 2.16. The molecule has 0 spiro atoms. The van der Waals surface area contributed by atoms with Gasteiger partial charge in [-0.1, -0.05) is 78.9 Å². The molecule has 0 fully saturated rings. The molecule has 1 amide bonds. The number of nitrogens with one attached hydrogen (secondary N) is 1. The lowest BCUT2D eigenvalue weighted by Crippen LogP contribution is -2.32. The Kier molecular flexibility index (Phi) is 6.46. The number of anilines is 1. The van der Waals surface area contributed by atoms with E-state index in [1.807, 2.05) is 43.3 Å². The Morgan fingerprint density at radius 1 is 0.962 bits per heavy atom. The second-order valence-corrected chi connectivity index (χ2v) is 7.08. The molecule has 0 unspecified atom stereocenters. The number of benzene rings is 2.